The second kappa shape index (κ2) is 9.07. The average Bonchev–Trinajstić information content (AvgIpc) is 3.01. The molecule has 2 aromatic rings. The largest absolute Gasteiger partial charge is 0.493 e. The molecular formula is C20H16N2O6S. The SMILES string of the molecule is O=C(O)CCOc1cccc(/C=C2\SC(=Nc3ccc(C(=O)O)cc3)NC2=O)c1. The number of aromatic carboxylic acids is 1. The smallest absolute Gasteiger partial charge is 0.335 e. The van der Waals surface area contributed by atoms with Crippen LogP contribution < -0.4 is 10.1 Å². The lowest BCUT2D eigenvalue weighted by Crippen LogP contribution is -2.19. The van der Waals surface area contributed by atoms with Gasteiger partial charge in [0.25, 0.3) is 5.91 Å². The Balaban J connectivity index is 1.70. The molecule has 3 N–H and O–H groups in total. The van der Waals surface area contributed by atoms with Gasteiger partial charge < -0.3 is 20.3 Å². The normalized spacial score (nSPS) is 16.1. The summed E-state index contributed by atoms with van der Waals surface area (Å²) >= 11 is 1.16. The number of nitrogens with zero attached hydrogens (tertiary/aromatic N) is 1. The molecule has 0 radical (unpaired) electrons. The molecule has 1 heterocycles. The minimum absolute atomic E-state index is 0.0576. The molecule has 1 fully saturated rings. The summed E-state index contributed by atoms with van der Waals surface area (Å²) in [6.07, 6.45) is 1.58. The van der Waals surface area contributed by atoms with Crippen molar-refractivity contribution in [3.05, 3.63) is 64.6 Å². The van der Waals surface area contributed by atoms with E-state index < -0.39 is 11.9 Å². The van der Waals surface area contributed by atoms with Crippen molar-refractivity contribution in [1.29, 1.82) is 0 Å². The quantitative estimate of drug-likeness (QED) is 0.597. The van der Waals surface area contributed by atoms with Crippen LogP contribution in [0.2, 0.25) is 0 Å². The molecule has 0 aliphatic carbocycles. The van der Waals surface area contributed by atoms with Crippen molar-refractivity contribution < 1.29 is 29.3 Å². The molecule has 0 spiro atoms. The summed E-state index contributed by atoms with van der Waals surface area (Å²) < 4.78 is 5.39. The number of thioether (sulfide) groups is 1. The minimum atomic E-state index is -1.02. The minimum Gasteiger partial charge on any atom is -0.493 e. The monoisotopic (exact) mass is 412 g/mol. The number of carboxylic acids is 2. The maximum Gasteiger partial charge on any atom is 0.335 e. The van der Waals surface area contributed by atoms with Crippen molar-refractivity contribution in [3.8, 4) is 5.75 Å². The van der Waals surface area contributed by atoms with Crippen LogP contribution in [0.3, 0.4) is 0 Å². The Morgan fingerprint density at radius 2 is 1.90 bits per heavy atom. The van der Waals surface area contributed by atoms with Crippen LogP contribution in [0, 0.1) is 0 Å². The van der Waals surface area contributed by atoms with Crippen LogP contribution >= 0.6 is 11.8 Å². The van der Waals surface area contributed by atoms with Gasteiger partial charge in [-0.2, -0.15) is 0 Å². The van der Waals surface area contributed by atoms with Gasteiger partial charge >= 0.3 is 11.9 Å². The summed E-state index contributed by atoms with van der Waals surface area (Å²) in [5.74, 6) is -1.75. The van der Waals surface area contributed by atoms with Crippen LogP contribution in [0.5, 0.6) is 5.75 Å². The molecule has 3 rings (SSSR count). The zero-order valence-corrected chi connectivity index (χ0v) is 15.8. The zero-order valence-electron chi connectivity index (χ0n) is 15.0. The highest BCUT2D eigenvalue weighted by Gasteiger charge is 2.23. The fourth-order valence-electron chi connectivity index (χ4n) is 2.38. The van der Waals surface area contributed by atoms with E-state index in [2.05, 4.69) is 10.3 Å². The van der Waals surface area contributed by atoms with Crippen molar-refractivity contribution in [1.82, 2.24) is 5.32 Å². The van der Waals surface area contributed by atoms with Gasteiger partial charge in [0, 0.05) is 0 Å². The van der Waals surface area contributed by atoms with Crippen LogP contribution in [-0.2, 0) is 9.59 Å². The lowest BCUT2D eigenvalue weighted by atomic mass is 10.2. The number of aliphatic imine (C=N–C) groups is 1. The van der Waals surface area contributed by atoms with Crippen LogP contribution in [0.15, 0.2) is 58.4 Å². The highest BCUT2D eigenvalue weighted by molar-refractivity contribution is 8.18. The molecule has 0 unspecified atom stereocenters. The summed E-state index contributed by atoms with van der Waals surface area (Å²) in [6, 6.07) is 13.0. The van der Waals surface area contributed by atoms with Gasteiger partial charge in [-0.3, -0.25) is 9.59 Å². The summed E-state index contributed by atoms with van der Waals surface area (Å²) in [6.45, 7) is 0.0576. The molecule has 1 amide bonds. The maximum atomic E-state index is 12.2. The Labute approximate surface area is 169 Å². The number of carbonyl (C=O) groups excluding carboxylic acids is 1. The Bertz CT molecular complexity index is 1010. The van der Waals surface area contributed by atoms with Crippen molar-refractivity contribution in [2.24, 2.45) is 4.99 Å². The summed E-state index contributed by atoms with van der Waals surface area (Å²) in [7, 11) is 0. The standard InChI is InChI=1S/C20H16N2O6S/c23-17(24)8-9-28-15-3-1-2-12(10-15)11-16-18(25)22-20(29-16)21-14-6-4-13(5-7-14)19(26)27/h1-7,10-11H,8-9H2,(H,23,24)(H,26,27)(H,21,22,25)/b16-11-. The van der Waals surface area contributed by atoms with E-state index in [1.165, 1.54) is 12.1 Å². The van der Waals surface area contributed by atoms with Gasteiger partial charge in [0.15, 0.2) is 5.17 Å². The van der Waals surface area contributed by atoms with Gasteiger partial charge in [-0.15, -0.1) is 0 Å². The number of hydrogen-bond donors (Lipinski definition) is 3. The summed E-state index contributed by atoms with van der Waals surface area (Å²) in [5, 5.41) is 20.6. The van der Waals surface area contributed by atoms with Gasteiger partial charge in [0.1, 0.15) is 5.75 Å². The Hall–Kier alpha value is -3.59. The predicted molar refractivity (Wildman–Crippen MR) is 108 cm³/mol. The number of nitrogens with one attached hydrogen (secondary N) is 1. The molecule has 1 saturated heterocycles. The molecule has 0 bridgehead atoms. The molecule has 1 aliphatic heterocycles. The van der Waals surface area contributed by atoms with Gasteiger partial charge in [0.05, 0.1) is 29.2 Å². The first-order valence-corrected chi connectivity index (χ1v) is 9.30. The molecule has 2 aromatic carbocycles. The van der Waals surface area contributed by atoms with E-state index in [4.69, 9.17) is 14.9 Å². The van der Waals surface area contributed by atoms with Crippen LogP contribution in [0.4, 0.5) is 5.69 Å². The van der Waals surface area contributed by atoms with E-state index in [0.717, 1.165) is 17.3 Å². The molecule has 148 valence electrons. The van der Waals surface area contributed by atoms with Gasteiger partial charge in [-0.1, -0.05) is 12.1 Å². The summed E-state index contributed by atoms with van der Waals surface area (Å²) in [5.41, 5.74) is 1.40. The molecule has 1 aliphatic rings. The molecule has 9 heteroatoms. The lowest BCUT2D eigenvalue weighted by molar-refractivity contribution is -0.137. The number of aliphatic carboxylic acids is 1. The van der Waals surface area contributed by atoms with Gasteiger partial charge in [-0.05, 0) is 59.8 Å². The Morgan fingerprint density at radius 3 is 2.59 bits per heavy atom. The number of ether oxygens (including phenoxy) is 1. The first-order chi connectivity index (χ1) is 13.9. The van der Waals surface area contributed by atoms with Crippen LogP contribution in [0.25, 0.3) is 6.08 Å². The second-order valence-electron chi connectivity index (χ2n) is 5.90. The molecule has 8 nitrogen and oxygen atoms in total. The van der Waals surface area contributed by atoms with E-state index in [-0.39, 0.29) is 24.5 Å². The third-order valence-electron chi connectivity index (χ3n) is 3.74. The first-order valence-electron chi connectivity index (χ1n) is 8.48. The van der Waals surface area contributed by atoms with E-state index >= 15 is 0 Å². The zero-order chi connectivity index (χ0) is 20.8. The second-order valence-corrected chi connectivity index (χ2v) is 6.93. The predicted octanol–water partition coefficient (Wildman–Crippen LogP) is 3.13. The van der Waals surface area contributed by atoms with E-state index in [1.807, 2.05) is 0 Å². The lowest BCUT2D eigenvalue weighted by Gasteiger charge is -2.05. The molecule has 0 aromatic heterocycles. The topological polar surface area (TPSA) is 125 Å². The number of benzene rings is 2. The number of carbonyl (C=O) groups is 3. The molecule has 0 atom stereocenters. The number of amides is 1. The van der Waals surface area contributed by atoms with E-state index in [0.29, 0.717) is 21.5 Å². The highest BCUT2D eigenvalue weighted by Crippen LogP contribution is 2.29. The fraction of sp³-hybridized carbons (Fsp3) is 0.100. The van der Waals surface area contributed by atoms with Crippen LogP contribution in [-0.4, -0.2) is 39.8 Å². The Kier molecular flexibility index (Phi) is 6.30. The van der Waals surface area contributed by atoms with Crippen molar-refractivity contribution in [2.75, 3.05) is 6.61 Å². The van der Waals surface area contributed by atoms with Gasteiger partial charge in [-0.25, -0.2) is 9.79 Å². The van der Waals surface area contributed by atoms with E-state index in [1.54, 1.807) is 42.5 Å². The molecule has 0 saturated carbocycles. The fourth-order valence-corrected chi connectivity index (χ4v) is 3.22. The summed E-state index contributed by atoms with van der Waals surface area (Å²) in [4.78, 5) is 38.4. The first kappa shape index (κ1) is 20.2. The third kappa shape index (κ3) is 5.69. The van der Waals surface area contributed by atoms with E-state index in [9.17, 15) is 14.4 Å². The highest BCUT2D eigenvalue weighted by atomic mass is 32.2. The Morgan fingerprint density at radius 1 is 1.14 bits per heavy atom. The number of amidine groups is 1. The number of carboxylic acid groups (broad SMARTS) is 2. The molecular weight excluding hydrogens is 396 g/mol. The number of rotatable bonds is 7. The van der Waals surface area contributed by atoms with Crippen molar-refractivity contribution >= 4 is 46.5 Å². The van der Waals surface area contributed by atoms with Gasteiger partial charge in [0.2, 0.25) is 0 Å². The van der Waals surface area contributed by atoms with Crippen molar-refractivity contribution in [3.63, 3.8) is 0 Å². The number of hydrogen-bond acceptors (Lipinski definition) is 6. The average molecular weight is 412 g/mol. The van der Waals surface area contributed by atoms with Crippen LogP contribution in [0.1, 0.15) is 22.3 Å². The van der Waals surface area contributed by atoms with Crippen molar-refractivity contribution in [2.45, 2.75) is 6.42 Å². The maximum absolute atomic E-state index is 12.2. The third-order valence-corrected chi connectivity index (χ3v) is 4.65. The molecule has 29 heavy (non-hydrogen) atoms.